The Morgan fingerprint density at radius 3 is 2.36 bits per heavy atom. The lowest BCUT2D eigenvalue weighted by molar-refractivity contribution is -0.139. The molecule has 1 aliphatic carbocycles. The molecule has 1 aliphatic heterocycles. The normalized spacial score (nSPS) is 36.4. The lowest BCUT2D eigenvalue weighted by atomic mass is 9.75. The molecule has 1 saturated carbocycles. The Kier molecular flexibility index (Phi) is 2.33. The number of hydrogen-bond acceptors (Lipinski definition) is 1. The molecule has 1 unspecified atom stereocenters. The van der Waals surface area contributed by atoms with Gasteiger partial charge in [0.15, 0.2) is 0 Å². The molecule has 1 saturated heterocycles. The summed E-state index contributed by atoms with van der Waals surface area (Å²) in [6, 6.07) is 0. The maximum atomic E-state index is 13.5. The summed E-state index contributed by atoms with van der Waals surface area (Å²) in [6.07, 6.45) is 4.03. The molecule has 2 aliphatic rings. The van der Waals surface area contributed by atoms with Crippen molar-refractivity contribution in [3.8, 4) is 0 Å². The van der Waals surface area contributed by atoms with Crippen LogP contribution in [-0.2, 0) is 0 Å². The fourth-order valence-electron chi connectivity index (χ4n) is 2.52. The van der Waals surface area contributed by atoms with E-state index in [1.807, 2.05) is 4.90 Å². The third-order valence-electron chi connectivity index (χ3n) is 4.15. The maximum absolute atomic E-state index is 13.5. The summed E-state index contributed by atoms with van der Waals surface area (Å²) in [6.45, 7) is 4.63. The molecule has 0 aromatic rings. The molecule has 82 valence electrons. The van der Waals surface area contributed by atoms with E-state index in [1.165, 1.54) is 6.42 Å². The molecule has 2 rings (SSSR count). The minimum atomic E-state index is -2.48. The van der Waals surface area contributed by atoms with Crippen molar-refractivity contribution in [1.82, 2.24) is 4.90 Å². The van der Waals surface area contributed by atoms with Gasteiger partial charge in [0, 0.05) is 11.5 Å². The lowest BCUT2D eigenvalue weighted by Crippen LogP contribution is -2.59. The number of alkyl halides is 2. The van der Waals surface area contributed by atoms with Crippen molar-refractivity contribution in [3.63, 3.8) is 0 Å². The summed E-state index contributed by atoms with van der Waals surface area (Å²) in [7, 11) is 0. The van der Waals surface area contributed by atoms with Crippen molar-refractivity contribution in [2.24, 2.45) is 5.92 Å². The Balaban J connectivity index is 2.03. The summed E-state index contributed by atoms with van der Waals surface area (Å²) in [4.78, 5) is 2.01. The highest BCUT2D eigenvalue weighted by Crippen LogP contribution is 2.42. The Bertz CT molecular complexity index is 223. The summed E-state index contributed by atoms with van der Waals surface area (Å²) >= 11 is 0. The zero-order valence-electron chi connectivity index (χ0n) is 9.02. The molecule has 0 radical (unpaired) electrons. The average Bonchev–Trinajstić information content (AvgIpc) is 2.05. The van der Waals surface area contributed by atoms with Gasteiger partial charge in [-0.15, -0.1) is 0 Å². The summed E-state index contributed by atoms with van der Waals surface area (Å²) < 4.78 is 27.0. The van der Waals surface area contributed by atoms with Crippen LogP contribution in [0.4, 0.5) is 8.78 Å². The molecule has 0 bridgehead atoms. The minimum absolute atomic E-state index is 0.0231. The molecule has 3 heteroatoms. The van der Waals surface area contributed by atoms with E-state index in [4.69, 9.17) is 0 Å². The van der Waals surface area contributed by atoms with Gasteiger partial charge in [-0.3, -0.25) is 4.90 Å². The zero-order chi connectivity index (χ0) is 10.4. The van der Waals surface area contributed by atoms with Gasteiger partial charge in [0.05, 0.1) is 6.54 Å². The Morgan fingerprint density at radius 2 is 1.93 bits per heavy atom. The number of piperidine rings is 1. The van der Waals surface area contributed by atoms with Crippen LogP contribution in [0.25, 0.3) is 0 Å². The first-order valence-electron chi connectivity index (χ1n) is 5.57. The van der Waals surface area contributed by atoms with E-state index in [1.54, 1.807) is 6.92 Å². The SMILES string of the molecule is CC1CCN(C2(C)CCC2)CC1(F)F. The Hall–Kier alpha value is -0.180. The quantitative estimate of drug-likeness (QED) is 0.633. The third kappa shape index (κ3) is 1.56. The van der Waals surface area contributed by atoms with E-state index in [0.717, 1.165) is 19.4 Å². The molecule has 0 N–H and O–H groups in total. The maximum Gasteiger partial charge on any atom is 0.263 e. The van der Waals surface area contributed by atoms with Crippen molar-refractivity contribution in [2.45, 2.75) is 51.0 Å². The molecular formula is C11H19F2N. The predicted octanol–water partition coefficient (Wildman–Crippen LogP) is 2.91. The van der Waals surface area contributed by atoms with Crippen molar-refractivity contribution < 1.29 is 8.78 Å². The first-order valence-corrected chi connectivity index (χ1v) is 5.57. The number of nitrogens with zero attached hydrogens (tertiary/aromatic N) is 1. The number of hydrogen-bond donors (Lipinski definition) is 0. The van der Waals surface area contributed by atoms with Crippen LogP contribution >= 0.6 is 0 Å². The third-order valence-corrected chi connectivity index (χ3v) is 4.15. The fourth-order valence-corrected chi connectivity index (χ4v) is 2.52. The van der Waals surface area contributed by atoms with Crippen LogP contribution in [0.1, 0.15) is 39.5 Å². The van der Waals surface area contributed by atoms with Gasteiger partial charge in [0.2, 0.25) is 0 Å². The molecule has 14 heavy (non-hydrogen) atoms. The number of halogens is 2. The number of rotatable bonds is 1. The summed E-state index contributed by atoms with van der Waals surface area (Å²) in [5, 5.41) is 0. The second-order valence-electron chi connectivity index (χ2n) is 5.22. The van der Waals surface area contributed by atoms with Crippen molar-refractivity contribution >= 4 is 0 Å². The van der Waals surface area contributed by atoms with E-state index in [0.29, 0.717) is 6.42 Å². The molecule has 0 amide bonds. The number of likely N-dealkylation sites (tertiary alicyclic amines) is 1. The molecule has 1 atom stereocenters. The second kappa shape index (κ2) is 3.16. The summed E-state index contributed by atoms with van der Waals surface area (Å²) in [5.74, 6) is -2.92. The van der Waals surface area contributed by atoms with Gasteiger partial charge in [-0.05, 0) is 39.2 Å². The van der Waals surface area contributed by atoms with Crippen LogP contribution in [-0.4, -0.2) is 29.5 Å². The van der Waals surface area contributed by atoms with Crippen LogP contribution in [0.5, 0.6) is 0 Å². The van der Waals surface area contributed by atoms with Crippen LogP contribution < -0.4 is 0 Å². The van der Waals surface area contributed by atoms with E-state index in [2.05, 4.69) is 6.92 Å². The molecule has 0 aromatic heterocycles. The Morgan fingerprint density at radius 1 is 1.29 bits per heavy atom. The highest BCUT2D eigenvalue weighted by atomic mass is 19.3. The zero-order valence-corrected chi connectivity index (χ0v) is 9.02. The van der Waals surface area contributed by atoms with Crippen LogP contribution in [0, 0.1) is 5.92 Å². The molecule has 0 spiro atoms. The molecule has 0 aromatic carbocycles. The van der Waals surface area contributed by atoms with Gasteiger partial charge in [0.1, 0.15) is 0 Å². The monoisotopic (exact) mass is 203 g/mol. The van der Waals surface area contributed by atoms with Crippen molar-refractivity contribution in [3.05, 3.63) is 0 Å². The predicted molar refractivity (Wildman–Crippen MR) is 52.6 cm³/mol. The highest BCUT2D eigenvalue weighted by molar-refractivity contribution is 4.98. The first kappa shape index (κ1) is 10.3. The van der Waals surface area contributed by atoms with E-state index < -0.39 is 11.8 Å². The van der Waals surface area contributed by atoms with Gasteiger partial charge in [-0.25, -0.2) is 8.78 Å². The topological polar surface area (TPSA) is 3.24 Å². The lowest BCUT2D eigenvalue weighted by Gasteiger charge is -2.52. The van der Waals surface area contributed by atoms with Crippen molar-refractivity contribution in [2.75, 3.05) is 13.1 Å². The van der Waals surface area contributed by atoms with E-state index in [-0.39, 0.29) is 12.1 Å². The van der Waals surface area contributed by atoms with Gasteiger partial charge >= 0.3 is 0 Å². The van der Waals surface area contributed by atoms with Crippen LogP contribution in [0.3, 0.4) is 0 Å². The average molecular weight is 203 g/mol. The highest BCUT2D eigenvalue weighted by Gasteiger charge is 2.48. The minimum Gasteiger partial charge on any atom is -0.292 e. The van der Waals surface area contributed by atoms with Gasteiger partial charge in [-0.1, -0.05) is 6.92 Å². The van der Waals surface area contributed by atoms with Crippen LogP contribution in [0.2, 0.25) is 0 Å². The largest absolute Gasteiger partial charge is 0.292 e. The molecule has 2 fully saturated rings. The van der Waals surface area contributed by atoms with E-state index >= 15 is 0 Å². The van der Waals surface area contributed by atoms with Gasteiger partial charge < -0.3 is 0 Å². The van der Waals surface area contributed by atoms with Gasteiger partial charge in [0.25, 0.3) is 5.92 Å². The van der Waals surface area contributed by atoms with E-state index in [9.17, 15) is 8.78 Å². The smallest absolute Gasteiger partial charge is 0.263 e. The van der Waals surface area contributed by atoms with Gasteiger partial charge in [-0.2, -0.15) is 0 Å². The molecular weight excluding hydrogens is 184 g/mol. The standard InChI is InChI=1S/C11H19F2N/c1-9-4-7-14(8-11(9,12)13)10(2)5-3-6-10/h9H,3-8H2,1-2H3. The van der Waals surface area contributed by atoms with Crippen LogP contribution in [0.15, 0.2) is 0 Å². The molecule has 1 heterocycles. The fraction of sp³-hybridized carbons (Fsp3) is 1.00. The summed E-state index contributed by atoms with van der Waals surface area (Å²) in [5.41, 5.74) is 0.0869. The second-order valence-corrected chi connectivity index (χ2v) is 5.22. The van der Waals surface area contributed by atoms with Crippen molar-refractivity contribution in [1.29, 1.82) is 0 Å². The first-order chi connectivity index (χ1) is 6.44. The molecule has 1 nitrogen and oxygen atoms in total. The Labute approximate surface area is 84.5 Å².